The van der Waals surface area contributed by atoms with Crippen LogP contribution < -0.4 is 0 Å². The molecule has 1 aliphatic rings. The highest BCUT2D eigenvalue weighted by atomic mass is 16.5. The van der Waals surface area contributed by atoms with Gasteiger partial charge >= 0.3 is 5.97 Å². The molecule has 1 saturated carbocycles. The Morgan fingerprint density at radius 2 is 1.71 bits per heavy atom. The molecule has 0 aromatic heterocycles. The zero-order valence-electron chi connectivity index (χ0n) is 12.9. The summed E-state index contributed by atoms with van der Waals surface area (Å²) in [6.07, 6.45) is 0.0521. The van der Waals surface area contributed by atoms with Crippen molar-refractivity contribution < 1.29 is 19.1 Å². The molecule has 2 unspecified atom stereocenters. The van der Waals surface area contributed by atoms with Crippen molar-refractivity contribution in [2.75, 3.05) is 7.11 Å². The Kier molecular flexibility index (Phi) is 4.26. The van der Waals surface area contributed by atoms with Crippen molar-refractivity contribution in [3.05, 3.63) is 34.4 Å². The number of carbonyl (C=O) groups excluding carboxylic acids is 3. The molecular weight excluding hydrogens is 268 g/mol. The molecule has 21 heavy (non-hydrogen) atoms. The van der Waals surface area contributed by atoms with Gasteiger partial charge in [-0.25, -0.2) is 0 Å². The van der Waals surface area contributed by atoms with Crippen molar-refractivity contribution in [3.63, 3.8) is 0 Å². The quantitative estimate of drug-likeness (QED) is 0.619. The maximum Gasteiger partial charge on any atom is 0.316 e. The van der Waals surface area contributed by atoms with Gasteiger partial charge in [-0.15, -0.1) is 0 Å². The zero-order chi connectivity index (χ0) is 15.7. The Bertz CT molecular complexity index is 592. The highest BCUT2D eigenvalue weighted by molar-refractivity contribution is 6.11. The van der Waals surface area contributed by atoms with Crippen LogP contribution in [0.2, 0.25) is 0 Å². The molecule has 0 N–H and O–H groups in total. The first kappa shape index (κ1) is 15.4. The molecule has 0 heterocycles. The molecule has 1 fully saturated rings. The van der Waals surface area contributed by atoms with Gasteiger partial charge in [0.1, 0.15) is 11.7 Å². The number of hydrogen-bond acceptors (Lipinski definition) is 4. The first-order chi connectivity index (χ1) is 9.85. The number of aryl methyl sites for hydroxylation is 3. The van der Waals surface area contributed by atoms with E-state index in [2.05, 4.69) is 0 Å². The second kappa shape index (κ2) is 5.80. The van der Waals surface area contributed by atoms with Crippen molar-refractivity contribution in [1.82, 2.24) is 0 Å². The summed E-state index contributed by atoms with van der Waals surface area (Å²) in [6.45, 7) is 5.90. The second-order valence-corrected chi connectivity index (χ2v) is 5.81. The molecule has 1 aromatic rings. The number of ketones is 2. The lowest BCUT2D eigenvalue weighted by molar-refractivity contribution is -0.152. The summed E-state index contributed by atoms with van der Waals surface area (Å²) in [5.41, 5.74) is 4.07. The summed E-state index contributed by atoms with van der Waals surface area (Å²) in [5.74, 6) is -2.26. The van der Waals surface area contributed by atoms with Crippen LogP contribution in [0.3, 0.4) is 0 Å². The average Bonchev–Trinajstić information content (AvgIpc) is 2.36. The summed E-state index contributed by atoms with van der Waals surface area (Å²) in [5, 5.41) is 0. The number of methoxy groups -OCH3 is 1. The van der Waals surface area contributed by atoms with Gasteiger partial charge in [-0.2, -0.15) is 0 Å². The SMILES string of the molecule is COC(=O)C1C(=O)CC(=O)CC1c1c(C)cc(C)cc1C. The fourth-order valence-corrected chi connectivity index (χ4v) is 3.43. The predicted octanol–water partition coefficient (Wildman–Crippen LogP) is 2.42. The smallest absolute Gasteiger partial charge is 0.316 e. The zero-order valence-corrected chi connectivity index (χ0v) is 12.9. The van der Waals surface area contributed by atoms with Crippen LogP contribution in [0.15, 0.2) is 12.1 Å². The monoisotopic (exact) mass is 288 g/mol. The molecular formula is C17H20O4. The number of ether oxygens (including phenoxy) is 1. The van der Waals surface area contributed by atoms with E-state index in [0.717, 1.165) is 22.3 Å². The lowest BCUT2D eigenvalue weighted by Gasteiger charge is -2.30. The van der Waals surface area contributed by atoms with Gasteiger partial charge in [-0.05, 0) is 37.5 Å². The number of Topliss-reactive ketones (excluding diaryl/α,β-unsaturated/α-hetero) is 2. The molecule has 1 aliphatic carbocycles. The summed E-state index contributed by atoms with van der Waals surface area (Å²) in [4.78, 5) is 36.0. The van der Waals surface area contributed by atoms with Crippen LogP contribution in [-0.4, -0.2) is 24.6 Å². The van der Waals surface area contributed by atoms with Gasteiger partial charge in [0, 0.05) is 12.3 Å². The largest absolute Gasteiger partial charge is 0.468 e. The first-order valence-corrected chi connectivity index (χ1v) is 7.05. The Labute approximate surface area is 124 Å². The van der Waals surface area contributed by atoms with E-state index in [4.69, 9.17) is 4.74 Å². The van der Waals surface area contributed by atoms with Crippen molar-refractivity contribution in [3.8, 4) is 0 Å². The average molecular weight is 288 g/mol. The molecule has 0 spiro atoms. The lowest BCUT2D eigenvalue weighted by atomic mass is 9.71. The van der Waals surface area contributed by atoms with Gasteiger partial charge in [0.05, 0.1) is 13.5 Å². The minimum atomic E-state index is -0.868. The van der Waals surface area contributed by atoms with Crippen LogP contribution in [-0.2, 0) is 19.1 Å². The maximum atomic E-state index is 12.2. The highest BCUT2D eigenvalue weighted by Gasteiger charge is 2.43. The topological polar surface area (TPSA) is 60.4 Å². The number of carbonyl (C=O) groups is 3. The van der Waals surface area contributed by atoms with Gasteiger partial charge in [-0.3, -0.25) is 14.4 Å². The predicted molar refractivity (Wildman–Crippen MR) is 78.1 cm³/mol. The van der Waals surface area contributed by atoms with Crippen molar-refractivity contribution in [2.45, 2.75) is 39.5 Å². The van der Waals surface area contributed by atoms with Crippen LogP contribution in [0.1, 0.15) is 41.0 Å². The van der Waals surface area contributed by atoms with Crippen molar-refractivity contribution in [2.24, 2.45) is 5.92 Å². The number of rotatable bonds is 2. The van der Waals surface area contributed by atoms with Crippen molar-refractivity contribution >= 4 is 17.5 Å². The number of benzene rings is 1. The maximum absolute atomic E-state index is 12.2. The molecule has 4 heteroatoms. The molecule has 0 radical (unpaired) electrons. The van der Waals surface area contributed by atoms with Crippen LogP contribution >= 0.6 is 0 Å². The van der Waals surface area contributed by atoms with E-state index in [1.807, 2.05) is 32.9 Å². The Morgan fingerprint density at radius 1 is 1.14 bits per heavy atom. The molecule has 2 atom stereocenters. The summed E-state index contributed by atoms with van der Waals surface area (Å²) < 4.78 is 4.78. The Hall–Kier alpha value is -1.97. The Balaban J connectivity index is 2.54. The molecule has 0 aliphatic heterocycles. The summed E-state index contributed by atoms with van der Waals surface area (Å²) in [7, 11) is 1.28. The third-order valence-corrected chi connectivity index (χ3v) is 4.13. The van der Waals surface area contributed by atoms with E-state index in [9.17, 15) is 14.4 Å². The van der Waals surface area contributed by atoms with Crippen LogP contribution in [0.25, 0.3) is 0 Å². The number of hydrogen-bond donors (Lipinski definition) is 0. The number of esters is 1. The molecule has 0 saturated heterocycles. The molecule has 1 aromatic carbocycles. The van der Waals surface area contributed by atoms with E-state index in [-0.39, 0.29) is 24.4 Å². The van der Waals surface area contributed by atoms with E-state index < -0.39 is 17.8 Å². The molecule has 0 amide bonds. The van der Waals surface area contributed by atoms with E-state index in [1.165, 1.54) is 7.11 Å². The highest BCUT2D eigenvalue weighted by Crippen LogP contribution is 2.38. The second-order valence-electron chi connectivity index (χ2n) is 5.81. The fourth-order valence-electron chi connectivity index (χ4n) is 3.43. The standard InChI is InChI=1S/C17H20O4/c1-9-5-10(2)15(11(3)6-9)13-7-12(18)8-14(19)16(13)17(20)21-4/h5-6,13,16H,7-8H2,1-4H3. The van der Waals surface area contributed by atoms with Gasteiger partial charge < -0.3 is 4.74 Å². The van der Waals surface area contributed by atoms with E-state index in [0.29, 0.717) is 0 Å². The van der Waals surface area contributed by atoms with Crippen LogP contribution in [0.5, 0.6) is 0 Å². The minimum absolute atomic E-state index is 0.107. The fraction of sp³-hybridized carbons (Fsp3) is 0.471. The van der Waals surface area contributed by atoms with Gasteiger partial charge in [0.2, 0.25) is 0 Å². The summed E-state index contributed by atoms with van der Waals surface area (Å²) >= 11 is 0. The molecule has 2 rings (SSSR count). The molecule has 112 valence electrons. The minimum Gasteiger partial charge on any atom is -0.468 e. The molecule has 0 bridgehead atoms. The third kappa shape index (κ3) is 2.89. The van der Waals surface area contributed by atoms with E-state index in [1.54, 1.807) is 0 Å². The van der Waals surface area contributed by atoms with E-state index >= 15 is 0 Å². The summed E-state index contributed by atoms with van der Waals surface area (Å²) in [6, 6.07) is 4.03. The Morgan fingerprint density at radius 3 is 2.24 bits per heavy atom. The van der Waals surface area contributed by atoms with Crippen molar-refractivity contribution in [1.29, 1.82) is 0 Å². The molecule has 4 nitrogen and oxygen atoms in total. The first-order valence-electron chi connectivity index (χ1n) is 7.05. The van der Waals surface area contributed by atoms with Gasteiger partial charge in [0.25, 0.3) is 0 Å². The van der Waals surface area contributed by atoms with Crippen LogP contribution in [0, 0.1) is 26.7 Å². The third-order valence-electron chi connectivity index (χ3n) is 4.13. The van der Waals surface area contributed by atoms with Gasteiger partial charge in [-0.1, -0.05) is 17.7 Å². The normalized spacial score (nSPS) is 22.3. The van der Waals surface area contributed by atoms with Crippen LogP contribution in [0.4, 0.5) is 0 Å². The van der Waals surface area contributed by atoms with Gasteiger partial charge in [0.15, 0.2) is 5.78 Å². The lowest BCUT2D eigenvalue weighted by Crippen LogP contribution is -2.38.